The molecule has 102 valence electrons. The first-order chi connectivity index (χ1) is 8.58. The van der Waals surface area contributed by atoms with Crippen molar-refractivity contribution in [1.29, 1.82) is 0 Å². The van der Waals surface area contributed by atoms with E-state index >= 15 is 0 Å². The predicted octanol–water partition coefficient (Wildman–Crippen LogP) is 4.20. The van der Waals surface area contributed by atoms with Crippen LogP contribution in [0, 0.1) is 0 Å². The van der Waals surface area contributed by atoms with Crippen molar-refractivity contribution >= 4 is 23.2 Å². The summed E-state index contributed by atoms with van der Waals surface area (Å²) in [5.74, 6) is 0. The Morgan fingerprint density at radius 2 is 1.94 bits per heavy atom. The Morgan fingerprint density at radius 3 is 2.50 bits per heavy atom. The zero-order valence-corrected chi connectivity index (χ0v) is 12.4. The van der Waals surface area contributed by atoms with Gasteiger partial charge in [0.1, 0.15) is 0 Å². The molecule has 2 nitrogen and oxygen atoms in total. The molecule has 0 aliphatic carbocycles. The highest BCUT2D eigenvalue weighted by atomic mass is 35.5. The van der Waals surface area contributed by atoms with E-state index < -0.39 is 0 Å². The third-order valence-corrected chi connectivity index (χ3v) is 3.72. The van der Waals surface area contributed by atoms with Gasteiger partial charge in [-0.25, -0.2) is 0 Å². The fraction of sp³-hybridized carbons (Fsp3) is 0.571. The van der Waals surface area contributed by atoms with E-state index in [1.165, 1.54) is 0 Å². The number of benzene rings is 1. The molecule has 0 radical (unpaired) electrons. The summed E-state index contributed by atoms with van der Waals surface area (Å²) >= 11 is 11.9. The van der Waals surface area contributed by atoms with Gasteiger partial charge in [0.15, 0.2) is 0 Å². The number of hydrogen-bond donors (Lipinski definition) is 2. The average Bonchev–Trinajstić information content (AvgIpc) is 2.34. The van der Waals surface area contributed by atoms with Crippen LogP contribution in [-0.4, -0.2) is 17.8 Å². The van der Waals surface area contributed by atoms with Gasteiger partial charge in [-0.05, 0) is 30.5 Å². The number of nitrogens with one attached hydrogen (secondary N) is 1. The first-order valence-electron chi connectivity index (χ1n) is 6.44. The third-order valence-electron chi connectivity index (χ3n) is 2.98. The van der Waals surface area contributed by atoms with Crippen molar-refractivity contribution in [3.05, 3.63) is 33.8 Å². The van der Waals surface area contributed by atoms with Gasteiger partial charge in [-0.1, -0.05) is 49.5 Å². The summed E-state index contributed by atoms with van der Waals surface area (Å²) in [4.78, 5) is 0. The molecule has 1 aromatic carbocycles. The maximum Gasteiger partial charge on any atom is 0.0664 e. The van der Waals surface area contributed by atoms with Crippen LogP contribution in [0.5, 0.6) is 0 Å². The maximum atomic E-state index is 9.73. The highest BCUT2D eigenvalue weighted by Gasteiger charge is 2.12. The minimum atomic E-state index is -0.285. The van der Waals surface area contributed by atoms with Gasteiger partial charge in [0, 0.05) is 12.6 Å². The summed E-state index contributed by atoms with van der Waals surface area (Å²) in [5.41, 5.74) is 1.11. The van der Waals surface area contributed by atoms with E-state index in [2.05, 4.69) is 19.2 Å². The van der Waals surface area contributed by atoms with Crippen LogP contribution in [0.15, 0.2) is 18.2 Å². The van der Waals surface area contributed by atoms with E-state index in [1.807, 2.05) is 18.2 Å². The standard InChI is InChI=1S/C14H21Cl2NO/c1-3-5-11(18)9-17-14(4-2)10-6-7-12(15)13(16)8-10/h6-8,11,14,17-18H,3-5,9H2,1-2H3. The van der Waals surface area contributed by atoms with Crippen LogP contribution in [0.25, 0.3) is 0 Å². The molecule has 1 rings (SSSR count). The van der Waals surface area contributed by atoms with E-state index in [9.17, 15) is 5.11 Å². The molecular formula is C14H21Cl2NO. The molecule has 0 aliphatic heterocycles. The number of rotatable bonds is 7. The van der Waals surface area contributed by atoms with E-state index in [0.717, 1.165) is 24.8 Å². The lowest BCUT2D eigenvalue weighted by molar-refractivity contribution is 0.156. The van der Waals surface area contributed by atoms with E-state index in [-0.39, 0.29) is 12.1 Å². The summed E-state index contributed by atoms with van der Waals surface area (Å²) in [7, 11) is 0. The van der Waals surface area contributed by atoms with Crippen LogP contribution in [0.4, 0.5) is 0 Å². The van der Waals surface area contributed by atoms with Crippen LogP contribution in [0.2, 0.25) is 10.0 Å². The van der Waals surface area contributed by atoms with Crippen LogP contribution >= 0.6 is 23.2 Å². The number of halogens is 2. The Morgan fingerprint density at radius 1 is 1.22 bits per heavy atom. The lowest BCUT2D eigenvalue weighted by Gasteiger charge is -2.20. The van der Waals surface area contributed by atoms with E-state index in [0.29, 0.717) is 16.6 Å². The molecule has 0 saturated carbocycles. The molecule has 0 aromatic heterocycles. The topological polar surface area (TPSA) is 32.3 Å². The minimum absolute atomic E-state index is 0.200. The summed E-state index contributed by atoms with van der Waals surface area (Å²) in [6.45, 7) is 4.78. The van der Waals surface area contributed by atoms with Gasteiger partial charge in [-0.3, -0.25) is 0 Å². The zero-order chi connectivity index (χ0) is 13.5. The van der Waals surface area contributed by atoms with Gasteiger partial charge in [-0.2, -0.15) is 0 Å². The molecule has 0 heterocycles. The first-order valence-corrected chi connectivity index (χ1v) is 7.20. The Balaban J connectivity index is 2.62. The summed E-state index contributed by atoms with van der Waals surface area (Å²) in [6, 6.07) is 5.87. The quantitative estimate of drug-likeness (QED) is 0.789. The molecule has 4 heteroatoms. The van der Waals surface area contributed by atoms with Crippen LogP contribution in [-0.2, 0) is 0 Å². The second kappa shape index (κ2) is 8.00. The predicted molar refractivity (Wildman–Crippen MR) is 78.4 cm³/mol. The third kappa shape index (κ3) is 4.77. The van der Waals surface area contributed by atoms with Crippen molar-refractivity contribution in [2.45, 2.75) is 45.3 Å². The molecule has 18 heavy (non-hydrogen) atoms. The summed E-state index contributed by atoms with van der Waals surface area (Å²) in [5, 5.41) is 14.2. The van der Waals surface area contributed by atoms with Crippen molar-refractivity contribution < 1.29 is 5.11 Å². The Labute approximate surface area is 119 Å². The smallest absolute Gasteiger partial charge is 0.0664 e. The normalized spacial score (nSPS) is 14.5. The van der Waals surface area contributed by atoms with Crippen LogP contribution < -0.4 is 5.32 Å². The summed E-state index contributed by atoms with van der Waals surface area (Å²) < 4.78 is 0. The fourth-order valence-corrected chi connectivity index (χ4v) is 2.25. The molecule has 1 aromatic rings. The molecule has 2 N–H and O–H groups in total. The van der Waals surface area contributed by atoms with Gasteiger partial charge in [0.2, 0.25) is 0 Å². The Kier molecular flexibility index (Phi) is 7.02. The fourth-order valence-electron chi connectivity index (χ4n) is 1.94. The molecule has 0 saturated heterocycles. The highest BCUT2D eigenvalue weighted by molar-refractivity contribution is 6.42. The first kappa shape index (κ1) is 15.8. The lowest BCUT2D eigenvalue weighted by Crippen LogP contribution is -2.30. The number of aliphatic hydroxyl groups is 1. The highest BCUT2D eigenvalue weighted by Crippen LogP contribution is 2.26. The molecule has 2 atom stereocenters. The molecular weight excluding hydrogens is 269 g/mol. The number of hydrogen-bond acceptors (Lipinski definition) is 2. The molecule has 2 unspecified atom stereocenters. The Bertz CT molecular complexity index is 371. The van der Waals surface area contributed by atoms with Gasteiger partial charge >= 0.3 is 0 Å². The van der Waals surface area contributed by atoms with Crippen molar-refractivity contribution in [3.63, 3.8) is 0 Å². The van der Waals surface area contributed by atoms with Gasteiger partial charge < -0.3 is 10.4 Å². The lowest BCUT2D eigenvalue weighted by atomic mass is 10.0. The molecule has 0 bridgehead atoms. The SMILES string of the molecule is CCCC(O)CNC(CC)c1ccc(Cl)c(Cl)c1. The van der Waals surface area contributed by atoms with E-state index in [4.69, 9.17) is 23.2 Å². The van der Waals surface area contributed by atoms with Crippen molar-refractivity contribution in [2.75, 3.05) is 6.54 Å². The molecule has 0 fully saturated rings. The zero-order valence-electron chi connectivity index (χ0n) is 10.9. The second-order valence-corrected chi connectivity index (χ2v) is 5.30. The largest absolute Gasteiger partial charge is 0.392 e. The minimum Gasteiger partial charge on any atom is -0.392 e. The maximum absolute atomic E-state index is 9.73. The number of aliphatic hydroxyl groups excluding tert-OH is 1. The van der Waals surface area contributed by atoms with Gasteiger partial charge in [-0.15, -0.1) is 0 Å². The van der Waals surface area contributed by atoms with E-state index in [1.54, 1.807) is 0 Å². The molecule has 0 amide bonds. The van der Waals surface area contributed by atoms with Crippen molar-refractivity contribution in [1.82, 2.24) is 5.32 Å². The van der Waals surface area contributed by atoms with Crippen molar-refractivity contribution in [3.8, 4) is 0 Å². The second-order valence-electron chi connectivity index (χ2n) is 4.49. The van der Waals surface area contributed by atoms with Crippen LogP contribution in [0.1, 0.15) is 44.7 Å². The van der Waals surface area contributed by atoms with Crippen molar-refractivity contribution in [2.24, 2.45) is 0 Å². The average molecular weight is 290 g/mol. The van der Waals surface area contributed by atoms with Gasteiger partial charge in [0.05, 0.1) is 16.1 Å². The molecule has 0 aliphatic rings. The Hall–Kier alpha value is -0.280. The van der Waals surface area contributed by atoms with Gasteiger partial charge in [0.25, 0.3) is 0 Å². The summed E-state index contributed by atoms with van der Waals surface area (Å²) in [6.07, 6.45) is 2.47. The monoisotopic (exact) mass is 289 g/mol. The van der Waals surface area contributed by atoms with Crippen LogP contribution in [0.3, 0.4) is 0 Å². The molecule has 0 spiro atoms.